The molecule has 101 heavy (non-hydrogen) atoms. The highest BCUT2D eigenvalue weighted by Crippen LogP contribution is 2.23. The van der Waals surface area contributed by atoms with Crippen LogP contribution in [0.2, 0.25) is 0 Å². The van der Waals surface area contributed by atoms with E-state index in [4.69, 9.17) is 17.2 Å². The summed E-state index contributed by atoms with van der Waals surface area (Å²) in [5.41, 5.74) is 17.3. The summed E-state index contributed by atoms with van der Waals surface area (Å²) in [6, 6.07) is -20.2. The van der Waals surface area contributed by atoms with Gasteiger partial charge in [-0.05, 0) is 94.5 Å². The lowest BCUT2D eigenvalue weighted by atomic mass is 10.00. The Morgan fingerprint density at radius 3 is 1.43 bits per heavy atom. The number of amides is 14. The van der Waals surface area contributed by atoms with Gasteiger partial charge in [0.25, 0.3) is 0 Å². The largest absolute Gasteiger partial charge is 0.481 e. The van der Waals surface area contributed by atoms with E-state index < -0.39 is 218 Å². The molecular formula is C62H99N17O21S. The van der Waals surface area contributed by atoms with Gasteiger partial charge in [0, 0.05) is 37.8 Å². The number of imidazole rings is 1. The Morgan fingerprint density at radius 2 is 0.950 bits per heavy atom. The Morgan fingerprint density at radius 1 is 0.515 bits per heavy atom. The second-order valence-electron chi connectivity index (χ2n) is 26.1. The van der Waals surface area contributed by atoms with Crippen molar-refractivity contribution in [1.82, 2.24) is 72.9 Å². The van der Waals surface area contributed by atoms with Crippen LogP contribution >= 0.6 is 11.8 Å². The molecule has 0 radical (unpaired) electrons. The molecule has 13 atom stereocenters. The van der Waals surface area contributed by atoms with Gasteiger partial charge in [0.05, 0.1) is 38.2 Å². The minimum Gasteiger partial charge on any atom is -0.481 e. The molecule has 1 aromatic heterocycles. The third kappa shape index (κ3) is 28.9. The zero-order valence-electron chi connectivity index (χ0n) is 57.8. The van der Waals surface area contributed by atoms with E-state index in [0.29, 0.717) is 24.3 Å². The lowest BCUT2D eigenvalue weighted by Gasteiger charge is -2.31. The Bertz CT molecular complexity index is 3120. The standard InChI is InChI=1S/C62H99N17O21S/c1-29(2)19-34(63)51(88)75-41(21-31(5)6)60(97)78-16-9-11-44(78)58(95)69-35(13-14-48(83)84)52(89)74-40(24-47(65)82)56(93)76-42(25-49(85)86)61(98)79-17-10-12-45(79)59(96)77-43(27-80)57(94)68-32(7)50(87)71-39(23-46(64)81)55(92)73-38(22-33-26-66-28-67-33)54(91)72-37(20-30(3)4)53(90)70-36(62(99)100)15-18-101-8/h26,28-32,34-45,80H,9-25,27,63H2,1-8H3,(H2,64,81)(H2,65,82)(H,66,67)(H,68,94)(H,69,95)(H,70,90)(H,71,87)(H,72,91)(H,73,92)(H,74,89)(H,75,88)(H,76,93)(H,77,96)(H,83,84)(H,85,86)(H,99,100)/t32-,34-,35-,36-,37-,38-,39-,40-,41-,42-,43-,44-,45-/m0/s1. The number of aliphatic hydroxyl groups excluding tert-OH is 1. The first-order valence-corrected chi connectivity index (χ1v) is 34.5. The molecule has 0 spiro atoms. The number of thioether (sulfide) groups is 1. The quantitative estimate of drug-likeness (QED) is 0.0289. The van der Waals surface area contributed by atoms with Crippen LogP contribution in [0.1, 0.15) is 138 Å². The van der Waals surface area contributed by atoms with Crippen LogP contribution in [0.3, 0.4) is 0 Å². The van der Waals surface area contributed by atoms with Crippen LogP contribution in [0.4, 0.5) is 0 Å². The van der Waals surface area contributed by atoms with Gasteiger partial charge < -0.3 is 106 Å². The summed E-state index contributed by atoms with van der Waals surface area (Å²) >= 11 is 1.35. The second-order valence-corrected chi connectivity index (χ2v) is 27.1. The van der Waals surface area contributed by atoms with Gasteiger partial charge >= 0.3 is 17.9 Å². The van der Waals surface area contributed by atoms with Crippen molar-refractivity contribution in [2.45, 2.75) is 217 Å². The van der Waals surface area contributed by atoms with Gasteiger partial charge in [-0.2, -0.15) is 11.8 Å². The first kappa shape index (κ1) is 85.7. The molecule has 0 aliphatic carbocycles. The predicted octanol–water partition coefficient (Wildman–Crippen LogP) is -5.81. The van der Waals surface area contributed by atoms with E-state index in [1.807, 2.05) is 27.7 Å². The number of hydrogen-bond donors (Lipinski definition) is 18. The fraction of sp³-hybridized carbons (Fsp3) is 0.677. The molecule has 2 fully saturated rings. The topological polar surface area (TPSA) is 605 Å². The van der Waals surface area contributed by atoms with E-state index >= 15 is 0 Å². The molecule has 2 aliphatic heterocycles. The zero-order chi connectivity index (χ0) is 76.1. The van der Waals surface area contributed by atoms with Crippen LogP contribution in [0.15, 0.2) is 12.5 Å². The second kappa shape index (κ2) is 41.9. The minimum absolute atomic E-state index is 0.0245. The molecule has 0 unspecified atom stereocenters. The Hall–Kier alpha value is -9.53. The van der Waals surface area contributed by atoms with Crippen LogP contribution in [-0.2, 0) is 87.9 Å². The highest BCUT2D eigenvalue weighted by Gasteiger charge is 2.43. The van der Waals surface area contributed by atoms with Gasteiger partial charge in [-0.1, -0.05) is 41.5 Å². The lowest BCUT2D eigenvalue weighted by Crippen LogP contribution is -2.61. The molecule has 2 saturated heterocycles. The third-order valence-corrected chi connectivity index (χ3v) is 16.8. The number of carboxylic acid groups (broad SMARTS) is 3. The van der Waals surface area contributed by atoms with Gasteiger partial charge in [-0.25, -0.2) is 9.78 Å². The number of aromatic amines is 1. The van der Waals surface area contributed by atoms with E-state index in [9.17, 15) is 102 Å². The number of nitrogens with one attached hydrogen (secondary N) is 11. The molecule has 0 bridgehead atoms. The fourth-order valence-corrected chi connectivity index (χ4v) is 11.6. The van der Waals surface area contributed by atoms with Gasteiger partial charge in [0.2, 0.25) is 82.7 Å². The summed E-state index contributed by atoms with van der Waals surface area (Å²) < 4.78 is 0. The number of carboxylic acids is 3. The monoisotopic (exact) mass is 1450 g/mol. The van der Waals surface area contributed by atoms with Crippen LogP contribution in [0, 0.1) is 17.8 Å². The van der Waals surface area contributed by atoms with E-state index in [-0.39, 0.29) is 75.8 Å². The summed E-state index contributed by atoms with van der Waals surface area (Å²) in [6.07, 6.45) is 0.500. The van der Waals surface area contributed by atoms with Crippen LogP contribution in [-0.4, -0.2) is 251 Å². The average Bonchev–Trinajstić information content (AvgIpc) is 1.72. The number of nitrogens with zero attached hydrogens (tertiary/aromatic N) is 3. The van der Waals surface area contributed by atoms with E-state index in [0.717, 1.165) is 11.8 Å². The Kier molecular flexibility index (Phi) is 35.5. The maximum absolute atomic E-state index is 14.3. The SMILES string of the molecule is CSCC[C@H](NC(=O)[C@H](CC(C)C)NC(=O)[C@H](Cc1cnc[nH]1)NC(=O)[C@H](CC(N)=O)NC(=O)[C@H](C)NC(=O)[C@H](CO)NC(=O)[C@@H]1CCCN1C(=O)[C@H](CC(=O)O)NC(=O)[C@H](CC(N)=O)NC(=O)[C@H](CCC(=O)O)NC(=O)[C@@H]1CCCN1C(=O)[C@H](CC(C)C)NC(=O)[C@@H](N)CC(C)C)C(=O)O. The summed E-state index contributed by atoms with van der Waals surface area (Å²) in [5.74, 6) is -19.0. The van der Waals surface area contributed by atoms with E-state index in [2.05, 4.69) is 63.1 Å². The molecule has 1 aromatic rings. The van der Waals surface area contributed by atoms with Crippen molar-refractivity contribution in [3.8, 4) is 0 Å². The maximum atomic E-state index is 14.3. The number of nitrogens with two attached hydrogens (primary N) is 3. The van der Waals surface area contributed by atoms with Crippen molar-refractivity contribution >= 4 is 112 Å². The van der Waals surface area contributed by atoms with Crippen LogP contribution in [0.5, 0.6) is 0 Å². The van der Waals surface area contributed by atoms with Gasteiger partial charge in [0.1, 0.15) is 72.5 Å². The Labute approximate surface area is 586 Å². The first-order valence-electron chi connectivity index (χ1n) is 33.1. The number of aromatic nitrogens is 2. The minimum atomic E-state index is -2.06. The van der Waals surface area contributed by atoms with Crippen molar-refractivity contribution in [1.29, 1.82) is 0 Å². The van der Waals surface area contributed by atoms with Crippen molar-refractivity contribution < 1.29 is 102 Å². The number of H-pyrrole nitrogens is 1. The maximum Gasteiger partial charge on any atom is 0.326 e. The number of rotatable bonds is 44. The fourth-order valence-electron chi connectivity index (χ4n) is 11.1. The van der Waals surface area contributed by atoms with Crippen molar-refractivity contribution in [2.75, 3.05) is 31.7 Å². The molecule has 0 saturated carbocycles. The first-order chi connectivity index (χ1) is 47.4. The average molecular weight is 1450 g/mol. The van der Waals surface area contributed by atoms with Crippen LogP contribution < -0.4 is 70.4 Å². The molecule has 564 valence electrons. The highest BCUT2D eigenvalue weighted by atomic mass is 32.2. The molecule has 2 aliphatic rings. The number of carbonyl (C=O) groups is 17. The van der Waals surface area contributed by atoms with Crippen molar-refractivity contribution in [3.05, 3.63) is 18.2 Å². The lowest BCUT2D eigenvalue weighted by molar-refractivity contribution is -0.146. The molecule has 21 N–H and O–H groups in total. The predicted molar refractivity (Wildman–Crippen MR) is 358 cm³/mol. The molecule has 39 heteroatoms. The van der Waals surface area contributed by atoms with Crippen LogP contribution in [0.25, 0.3) is 0 Å². The van der Waals surface area contributed by atoms with E-state index in [1.54, 1.807) is 20.1 Å². The third-order valence-electron chi connectivity index (χ3n) is 16.2. The normalized spacial score (nSPS) is 17.6. The molecule has 3 heterocycles. The number of aliphatic hydroxyl groups is 1. The van der Waals surface area contributed by atoms with Crippen molar-refractivity contribution in [3.63, 3.8) is 0 Å². The number of hydrogen-bond acceptors (Lipinski definition) is 21. The highest BCUT2D eigenvalue weighted by molar-refractivity contribution is 7.98. The molecule has 0 aromatic carbocycles. The van der Waals surface area contributed by atoms with Gasteiger partial charge in [-0.3, -0.25) is 76.7 Å². The number of primary amides is 2. The summed E-state index contributed by atoms with van der Waals surface area (Å²) in [5, 5.41) is 63.3. The Balaban J connectivity index is 1.79. The van der Waals surface area contributed by atoms with E-state index in [1.165, 1.54) is 29.2 Å². The number of aliphatic carboxylic acids is 3. The summed E-state index contributed by atoms with van der Waals surface area (Å²) in [6.45, 7) is 10.6. The number of likely N-dealkylation sites (tertiary alicyclic amines) is 2. The molecule has 38 nitrogen and oxygen atoms in total. The molecular weight excluding hydrogens is 1350 g/mol. The van der Waals surface area contributed by atoms with Gasteiger partial charge in [-0.15, -0.1) is 0 Å². The molecule has 3 rings (SSSR count). The van der Waals surface area contributed by atoms with Gasteiger partial charge in [0.15, 0.2) is 0 Å². The zero-order valence-corrected chi connectivity index (χ0v) is 58.6. The summed E-state index contributed by atoms with van der Waals surface area (Å²) in [4.78, 5) is 236. The number of carbonyl (C=O) groups excluding carboxylic acids is 14. The summed E-state index contributed by atoms with van der Waals surface area (Å²) in [7, 11) is 0. The van der Waals surface area contributed by atoms with Crippen molar-refractivity contribution in [2.24, 2.45) is 35.0 Å². The molecule has 14 amide bonds. The smallest absolute Gasteiger partial charge is 0.326 e.